The summed E-state index contributed by atoms with van der Waals surface area (Å²) >= 11 is 0. The second kappa shape index (κ2) is 19.4. The van der Waals surface area contributed by atoms with Gasteiger partial charge in [0.1, 0.15) is 47.0 Å². The average Bonchev–Trinajstić information content (AvgIpc) is 3.14. The summed E-state index contributed by atoms with van der Waals surface area (Å²) in [6, 6.07) is 5.96. The molecule has 0 saturated heterocycles. The summed E-state index contributed by atoms with van der Waals surface area (Å²) < 4.78 is 17.6. The Hall–Kier alpha value is -5.28. The minimum absolute atomic E-state index is 0.0771. The largest absolute Gasteiger partial charge is 0.507 e. The number of carbonyl (C=O) groups is 4. The third-order valence-electron chi connectivity index (χ3n) is 9.50. The number of nitrogens with one attached hydrogen (secondary N) is 2. The molecule has 0 aliphatic carbocycles. The summed E-state index contributed by atoms with van der Waals surface area (Å²) in [5.74, 6) is -5.15. The quantitative estimate of drug-likeness (QED) is 0.206. The number of ketones is 2. The van der Waals surface area contributed by atoms with E-state index in [1.807, 2.05) is 6.92 Å². The van der Waals surface area contributed by atoms with Crippen LogP contribution in [0.5, 0.6) is 11.5 Å². The van der Waals surface area contributed by atoms with Crippen molar-refractivity contribution in [3.8, 4) is 11.5 Å². The summed E-state index contributed by atoms with van der Waals surface area (Å²) in [7, 11) is 1.62. The number of aliphatic hydroxyl groups is 3. The van der Waals surface area contributed by atoms with E-state index in [9.17, 15) is 44.7 Å². The molecule has 2 aliphatic heterocycles. The fourth-order valence-corrected chi connectivity index (χ4v) is 5.92. The van der Waals surface area contributed by atoms with Crippen molar-refractivity contribution in [2.24, 2.45) is 11.8 Å². The number of anilines is 2. The van der Waals surface area contributed by atoms with Crippen molar-refractivity contribution in [1.82, 2.24) is 0 Å². The SMILES string of the molecule is CCNc1cc(O)c2c(c1)/C=C/C[C@H](OC[C@@H]1OC(=O)c3c(O)cc(NC)cc3/C=C/C[C@H](O)[C@H](O)C(=O)/C=C\[C@H]1C)[C@H](O)C(=O)/C=C\[C@@H](C)[C@H](C)OC2=O. The number of carbonyl (C=O) groups excluding carboxylic acids is 4. The van der Waals surface area contributed by atoms with E-state index >= 15 is 0 Å². The van der Waals surface area contributed by atoms with Crippen LogP contribution in [0.2, 0.25) is 0 Å². The number of hydrogen-bond donors (Lipinski definition) is 7. The molecule has 0 amide bonds. The van der Waals surface area contributed by atoms with Gasteiger partial charge in [-0.25, -0.2) is 9.59 Å². The van der Waals surface area contributed by atoms with E-state index in [2.05, 4.69) is 10.6 Å². The number of phenolic OH excluding ortho intramolecular Hbond substituents is 2. The number of rotatable bonds is 6. The third kappa shape index (κ3) is 10.9. The molecule has 2 aromatic carbocycles. The minimum atomic E-state index is -1.75. The molecule has 0 saturated carbocycles. The molecule has 0 aromatic heterocycles. The topological polar surface area (TPSA) is 221 Å². The maximum Gasteiger partial charge on any atom is 0.342 e. The molecule has 55 heavy (non-hydrogen) atoms. The van der Waals surface area contributed by atoms with Crippen LogP contribution in [0.15, 0.2) is 60.7 Å². The fraction of sp³-hybridized carbons (Fsp3) is 0.415. The van der Waals surface area contributed by atoms with Gasteiger partial charge in [0.25, 0.3) is 0 Å². The number of phenols is 2. The second-order valence-electron chi connectivity index (χ2n) is 13.6. The summed E-state index contributed by atoms with van der Waals surface area (Å²) in [5.41, 5.74) is 1.26. The number of esters is 2. The van der Waals surface area contributed by atoms with Gasteiger partial charge in [-0.1, -0.05) is 50.3 Å². The maximum atomic E-state index is 13.8. The molecule has 0 bridgehead atoms. The standard InChI is InChI=1S/C41H50N2O12/c1-6-43-28-18-26-10-8-12-34(39(50)31(46)15-13-22(2)24(4)54-40(51)36(26)33(48)20-28)53-21-35-23(3)14-16-30(45)38(49)29(44)11-7-9-25-17-27(42-5)19-32(47)37(25)41(52)55-35/h7-10,13-20,22-24,29,34-35,38-39,42-44,47-50H,6,11-12,21H2,1-5H3/b9-7+,10-8+,15-13-,16-14-/t22-,23-,24+,29+,34+,35+,38+,39-/m1/s1. The molecular formula is C41H50N2O12. The smallest absolute Gasteiger partial charge is 0.342 e. The van der Waals surface area contributed by atoms with Gasteiger partial charge in [-0.3, -0.25) is 9.59 Å². The van der Waals surface area contributed by atoms with Gasteiger partial charge in [0, 0.05) is 48.9 Å². The highest BCUT2D eigenvalue weighted by Gasteiger charge is 2.31. The van der Waals surface area contributed by atoms with E-state index in [1.54, 1.807) is 46.0 Å². The van der Waals surface area contributed by atoms with Gasteiger partial charge in [-0.15, -0.1) is 0 Å². The molecule has 14 nitrogen and oxygen atoms in total. The first-order valence-corrected chi connectivity index (χ1v) is 18.2. The number of fused-ring (bicyclic) bond motifs is 2. The van der Waals surface area contributed by atoms with Crippen molar-refractivity contribution in [1.29, 1.82) is 0 Å². The second-order valence-corrected chi connectivity index (χ2v) is 13.6. The fourth-order valence-electron chi connectivity index (χ4n) is 5.92. The van der Waals surface area contributed by atoms with Gasteiger partial charge in [-0.2, -0.15) is 0 Å². The third-order valence-corrected chi connectivity index (χ3v) is 9.50. The Morgan fingerprint density at radius 2 is 1.27 bits per heavy atom. The van der Waals surface area contributed by atoms with Crippen LogP contribution in [0.4, 0.5) is 11.4 Å². The van der Waals surface area contributed by atoms with Gasteiger partial charge in [-0.05, 0) is 62.1 Å². The first-order chi connectivity index (χ1) is 26.1. The summed E-state index contributed by atoms with van der Waals surface area (Å²) in [5, 5.41) is 60.0. The van der Waals surface area contributed by atoms with E-state index in [0.717, 1.165) is 6.08 Å². The van der Waals surface area contributed by atoms with E-state index in [0.29, 0.717) is 23.5 Å². The van der Waals surface area contributed by atoms with Gasteiger partial charge >= 0.3 is 11.9 Å². The molecule has 0 unspecified atom stereocenters. The van der Waals surface area contributed by atoms with E-state index in [-0.39, 0.29) is 35.3 Å². The number of aromatic hydroxyl groups is 2. The Balaban J connectivity index is 1.73. The highest BCUT2D eigenvalue weighted by Crippen LogP contribution is 2.32. The van der Waals surface area contributed by atoms with Crippen molar-refractivity contribution in [2.75, 3.05) is 30.8 Å². The minimum Gasteiger partial charge on any atom is -0.507 e. The Labute approximate surface area is 319 Å². The zero-order valence-corrected chi connectivity index (χ0v) is 31.5. The predicted molar refractivity (Wildman–Crippen MR) is 206 cm³/mol. The van der Waals surface area contributed by atoms with Crippen LogP contribution in [0.25, 0.3) is 12.2 Å². The monoisotopic (exact) mass is 762 g/mol. The molecule has 0 fully saturated rings. The summed E-state index contributed by atoms with van der Waals surface area (Å²) in [4.78, 5) is 53.1. The van der Waals surface area contributed by atoms with Crippen molar-refractivity contribution < 1.29 is 58.9 Å². The number of hydrogen-bond acceptors (Lipinski definition) is 14. The van der Waals surface area contributed by atoms with Crippen molar-refractivity contribution in [2.45, 2.75) is 77.2 Å². The molecule has 0 radical (unpaired) electrons. The van der Waals surface area contributed by atoms with Gasteiger partial charge in [0.05, 0.1) is 18.8 Å². The molecule has 2 heterocycles. The van der Waals surface area contributed by atoms with Crippen LogP contribution >= 0.6 is 0 Å². The number of ether oxygens (including phenoxy) is 3. The van der Waals surface area contributed by atoms with E-state index in [1.165, 1.54) is 48.6 Å². The summed E-state index contributed by atoms with van der Waals surface area (Å²) in [6.45, 7) is 6.95. The van der Waals surface area contributed by atoms with Crippen LogP contribution in [-0.4, -0.2) is 106 Å². The lowest BCUT2D eigenvalue weighted by molar-refractivity contribution is -0.134. The molecule has 2 aromatic rings. The first-order valence-electron chi connectivity index (χ1n) is 18.2. The van der Waals surface area contributed by atoms with Crippen molar-refractivity contribution >= 4 is 47.0 Å². The lowest BCUT2D eigenvalue weighted by Gasteiger charge is -2.27. The van der Waals surface area contributed by atoms with Crippen LogP contribution in [-0.2, 0) is 23.8 Å². The van der Waals surface area contributed by atoms with Crippen LogP contribution in [0.3, 0.4) is 0 Å². The number of benzene rings is 2. The van der Waals surface area contributed by atoms with Crippen molar-refractivity contribution in [3.05, 3.63) is 83.0 Å². The highest BCUT2D eigenvalue weighted by atomic mass is 16.6. The van der Waals surface area contributed by atoms with Crippen LogP contribution < -0.4 is 10.6 Å². The van der Waals surface area contributed by atoms with Gasteiger partial charge in [0.2, 0.25) is 0 Å². The molecule has 14 heteroatoms. The highest BCUT2D eigenvalue weighted by molar-refractivity contribution is 5.99. The van der Waals surface area contributed by atoms with E-state index < -0.39 is 84.3 Å². The normalized spacial score (nSPS) is 29.2. The Morgan fingerprint density at radius 3 is 1.89 bits per heavy atom. The summed E-state index contributed by atoms with van der Waals surface area (Å²) in [6.07, 6.45) is 2.82. The Bertz CT molecular complexity index is 1850. The average molecular weight is 763 g/mol. The molecule has 0 spiro atoms. The number of cyclic esters (lactones) is 2. The van der Waals surface area contributed by atoms with Crippen LogP contribution in [0.1, 0.15) is 72.4 Å². The Morgan fingerprint density at radius 1 is 0.727 bits per heavy atom. The van der Waals surface area contributed by atoms with Gasteiger partial charge in [0.15, 0.2) is 11.6 Å². The molecule has 296 valence electrons. The van der Waals surface area contributed by atoms with Crippen molar-refractivity contribution in [3.63, 3.8) is 0 Å². The van der Waals surface area contributed by atoms with Gasteiger partial charge < -0.3 is 50.4 Å². The molecular weight excluding hydrogens is 712 g/mol. The maximum absolute atomic E-state index is 13.8. The molecule has 2 aliphatic rings. The lowest BCUT2D eigenvalue weighted by Crippen LogP contribution is -2.39. The first kappa shape index (κ1) is 42.5. The molecule has 8 atom stereocenters. The zero-order chi connectivity index (χ0) is 40.4. The molecule has 4 rings (SSSR count). The predicted octanol–water partition coefficient (Wildman–Crippen LogP) is 4.17. The van der Waals surface area contributed by atoms with Crippen LogP contribution in [0, 0.1) is 11.8 Å². The number of aliphatic hydroxyl groups excluding tert-OH is 3. The van der Waals surface area contributed by atoms with E-state index in [4.69, 9.17) is 14.2 Å². The zero-order valence-electron chi connectivity index (χ0n) is 31.5. The Kier molecular flexibility index (Phi) is 14.9. The lowest BCUT2D eigenvalue weighted by atomic mass is 9.98. The molecule has 7 N–H and O–H groups in total.